The second kappa shape index (κ2) is 6.11. The van der Waals surface area contributed by atoms with Crippen LogP contribution < -0.4 is 4.90 Å². The van der Waals surface area contributed by atoms with Crippen LogP contribution in [-0.2, 0) is 0 Å². The third-order valence-corrected chi connectivity index (χ3v) is 3.53. The van der Waals surface area contributed by atoms with E-state index in [-0.39, 0.29) is 6.61 Å². The molecule has 1 aliphatic heterocycles. The van der Waals surface area contributed by atoms with E-state index in [9.17, 15) is 0 Å². The Labute approximate surface area is 108 Å². The molecule has 100 valence electrons. The van der Waals surface area contributed by atoms with Crippen LogP contribution in [-0.4, -0.2) is 60.3 Å². The van der Waals surface area contributed by atoms with Gasteiger partial charge in [-0.2, -0.15) is 0 Å². The first-order chi connectivity index (χ1) is 8.70. The van der Waals surface area contributed by atoms with E-state index < -0.39 is 0 Å². The van der Waals surface area contributed by atoms with Crippen molar-refractivity contribution in [3.63, 3.8) is 0 Å². The summed E-state index contributed by atoms with van der Waals surface area (Å²) < 4.78 is 0. The Morgan fingerprint density at radius 3 is 2.78 bits per heavy atom. The minimum absolute atomic E-state index is 0.120. The van der Waals surface area contributed by atoms with Crippen LogP contribution in [0, 0.1) is 0 Å². The number of hydrogen-bond donors (Lipinski definition) is 1. The monoisotopic (exact) mass is 250 g/mol. The Hall–Kier alpha value is -1.20. The normalized spacial score (nSPS) is 20.9. The zero-order chi connectivity index (χ0) is 13.0. The zero-order valence-electron chi connectivity index (χ0n) is 11.2. The summed E-state index contributed by atoms with van der Waals surface area (Å²) in [7, 11) is 4.05. The lowest BCUT2D eigenvalue weighted by molar-refractivity contribution is 0.250. The van der Waals surface area contributed by atoms with Gasteiger partial charge in [0.1, 0.15) is 0 Å². The average Bonchev–Trinajstić information content (AvgIpc) is 2.39. The van der Waals surface area contributed by atoms with Gasteiger partial charge in [-0.05, 0) is 37.9 Å². The molecule has 5 heteroatoms. The van der Waals surface area contributed by atoms with Gasteiger partial charge >= 0.3 is 0 Å². The Morgan fingerprint density at radius 1 is 1.44 bits per heavy atom. The molecule has 18 heavy (non-hydrogen) atoms. The first kappa shape index (κ1) is 13.2. The van der Waals surface area contributed by atoms with Gasteiger partial charge in [0.25, 0.3) is 0 Å². The van der Waals surface area contributed by atoms with Crippen molar-refractivity contribution < 1.29 is 5.11 Å². The van der Waals surface area contributed by atoms with Crippen molar-refractivity contribution in [2.75, 3.05) is 45.2 Å². The predicted molar refractivity (Wildman–Crippen MR) is 71.9 cm³/mol. The highest BCUT2D eigenvalue weighted by Gasteiger charge is 2.19. The van der Waals surface area contributed by atoms with Crippen molar-refractivity contribution in [1.29, 1.82) is 0 Å². The number of rotatable bonds is 4. The van der Waals surface area contributed by atoms with Crippen LogP contribution in [0.3, 0.4) is 0 Å². The first-order valence-electron chi connectivity index (χ1n) is 6.53. The zero-order valence-corrected chi connectivity index (χ0v) is 11.2. The number of piperidine rings is 1. The van der Waals surface area contributed by atoms with E-state index in [1.54, 1.807) is 0 Å². The lowest BCUT2D eigenvalue weighted by atomic mass is 9.93. The fourth-order valence-electron chi connectivity index (χ4n) is 2.43. The molecule has 1 saturated heterocycles. The molecule has 1 aliphatic rings. The molecule has 5 nitrogen and oxygen atoms in total. The molecule has 0 spiro atoms. The van der Waals surface area contributed by atoms with Crippen molar-refractivity contribution in [2.24, 2.45) is 0 Å². The van der Waals surface area contributed by atoms with Crippen molar-refractivity contribution in [3.8, 4) is 0 Å². The maximum Gasteiger partial charge on any atom is 0.225 e. The fraction of sp³-hybridized carbons (Fsp3) is 0.692. The van der Waals surface area contributed by atoms with Gasteiger partial charge < -0.3 is 14.9 Å². The van der Waals surface area contributed by atoms with E-state index in [4.69, 9.17) is 5.11 Å². The van der Waals surface area contributed by atoms with Gasteiger partial charge in [-0.25, -0.2) is 9.97 Å². The molecule has 1 unspecified atom stereocenters. The van der Waals surface area contributed by atoms with Gasteiger partial charge in [0, 0.05) is 32.5 Å². The van der Waals surface area contributed by atoms with Gasteiger partial charge in [0.15, 0.2) is 0 Å². The highest BCUT2D eigenvalue weighted by Crippen LogP contribution is 2.25. The van der Waals surface area contributed by atoms with E-state index >= 15 is 0 Å². The number of aliphatic hydroxyl groups is 1. The third kappa shape index (κ3) is 3.17. The lowest BCUT2D eigenvalue weighted by Crippen LogP contribution is -2.31. The molecule has 1 fully saturated rings. The molecule has 2 heterocycles. The van der Waals surface area contributed by atoms with Crippen molar-refractivity contribution in [1.82, 2.24) is 14.9 Å². The third-order valence-electron chi connectivity index (χ3n) is 3.53. The molecule has 0 radical (unpaired) electrons. The number of anilines is 1. The number of aliphatic hydroxyl groups excluding tert-OH is 1. The quantitative estimate of drug-likeness (QED) is 0.853. The van der Waals surface area contributed by atoms with E-state index in [2.05, 4.69) is 21.9 Å². The van der Waals surface area contributed by atoms with E-state index in [1.165, 1.54) is 24.9 Å². The molecule has 0 aromatic carbocycles. The topological polar surface area (TPSA) is 52.5 Å². The minimum atomic E-state index is 0.120. The Bertz CT molecular complexity index is 368. The Balaban J connectivity index is 2.02. The van der Waals surface area contributed by atoms with Crippen LogP contribution >= 0.6 is 0 Å². The SMILES string of the molecule is CN1CCCC(c2cnc(N(C)CCO)nc2)C1. The molecule has 0 saturated carbocycles. The average molecular weight is 250 g/mol. The van der Waals surface area contributed by atoms with E-state index in [0.717, 1.165) is 6.54 Å². The standard InChI is InChI=1S/C13H22N4O/c1-16-5-3-4-11(10-16)12-8-14-13(15-9-12)17(2)6-7-18/h8-9,11,18H,3-7,10H2,1-2H3. The summed E-state index contributed by atoms with van der Waals surface area (Å²) in [5, 5.41) is 8.88. The van der Waals surface area contributed by atoms with Gasteiger partial charge in [0.2, 0.25) is 5.95 Å². The summed E-state index contributed by atoms with van der Waals surface area (Å²) in [6.45, 7) is 2.96. The maximum atomic E-state index is 8.88. The fourth-order valence-corrected chi connectivity index (χ4v) is 2.43. The van der Waals surface area contributed by atoms with E-state index in [1.807, 2.05) is 24.3 Å². The predicted octanol–water partition coefficient (Wildman–Crippen LogP) is 0.714. The van der Waals surface area contributed by atoms with Crippen LogP contribution in [0.15, 0.2) is 12.4 Å². The van der Waals surface area contributed by atoms with Gasteiger partial charge in [-0.3, -0.25) is 0 Å². The van der Waals surface area contributed by atoms with Crippen LogP contribution in [0.2, 0.25) is 0 Å². The van der Waals surface area contributed by atoms with Crippen molar-refractivity contribution in [2.45, 2.75) is 18.8 Å². The second-order valence-corrected chi connectivity index (χ2v) is 5.06. The lowest BCUT2D eigenvalue weighted by Gasteiger charge is -2.29. The second-order valence-electron chi connectivity index (χ2n) is 5.06. The number of likely N-dealkylation sites (N-methyl/N-ethyl adjacent to an activating group) is 2. The molecule has 1 aromatic heterocycles. The van der Waals surface area contributed by atoms with E-state index in [0.29, 0.717) is 18.4 Å². The van der Waals surface area contributed by atoms with Crippen molar-refractivity contribution in [3.05, 3.63) is 18.0 Å². The summed E-state index contributed by atoms with van der Waals surface area (Å²) in [6, 6.07) is 0. The number of likely N-dealkylation sites (tertiary alicyclic amines) is 1. The molecule has 1 atom stereocenters. The molecule has 1 N–H and O–H groups in total. The Kier molecular flexibility index (Phi) is 4.49. The first-order valence-corrected chi connectivity index (χ1v) is 6.53. The molecule has 0 bridgehead atoms. The smallest absolute Gasteiger partial charge is 0.225 e. The molecular formula is C13H22N4O. The molecule has 0 aliphatic carbocycles. The van der Waals surface area contributed by atoms with Crippen LogP contribution in [0.1, 0.15) is 24.3 Å². The largest absolute Gasteiger partial charge is 0.395 e. The molecule has 1 aromatic rings. The van der Waals surface area contributed by atoms with Gasteiger partial charge in [0.05, 0.1) is 6.61 Å². The summed E-state index contributed by atoms with van der Waals surface area (Å²) >= 11 is 0. The van der Waals surface area contributed by atoms with Crippen LogP contribution in [0.5, 0.6) is 0 Å². The van der Waals surface area contributed by atoms with Gasteiger partial charge in [-0.1, -0.05) is 0 Å². The number of aromatic nitrogens is 2. The van der Waals surface area contributed by atoms with Crippen LogP contribution in [0.4, 0.5) is 5.95 Å². The number of hydrogen-bond acceptors (Lipinski definition) is 5. The molecule has 2 rings (SSSR count). The summed E-state index contributed by atoms with van der Waals surface area (Å²) in [4.78, 5) is 13.0. The molecular weight excluding hydrogens is 228 g/mol. The summed E-state index contributed by atoms with van der Waals surface area (Å²) in [5.41, 5.74) is 1.22. The molecule has 0 amide bonds. The summed E-state index contributed by atoms with van der Waals surface area (Å²) in [5.74, 6) is 1.23. The minimum Gasteiger partial charge on any atom is -0.395 e. The van der Waals surface area contributed by atoms with Crippen molar-refractivity contribution >= 4 is 5.95 Å². The Morgan fingerprint density at radius 2 is 2.17 bits per heavy atom. The van der Waals surface area contributed by atoms with Crippen LogP contribution in [0.25, 0.3) is 0 Å². The number of nitrogens with zero attached hydrogens (tertiary/aromatic N) is 4. The highest BCUT2D eigenvalue weighted by molar-refractivity contribution is 5.29. The highest BCUT2D eigenvalue weighted by atomic mass is 16.3. The van der Waals surface area contributed by atoms with Gasteiger partial charge in [-0.15, -0.1) is 0 Å². The maximum absolute atomic E-state index is 8.88. The summed E-state index contributed by atoms with van der Waals surface area (Å²) in [6.07, 6.45) is 6.33.